The predicted octanol–water partition coefficient (Wildman–Crippen LogP) is 3.16. The van der Waals surface area contributed by atoms with Gasteiger partial charge < -0.3 is 39.1 Å². The highest BCUT2D eigenvalue weighted by molar-refractivity contribution is 6.74. The molecule has 2 aliphatic carbocycles. The average molecular weight is 563 g/mol. The molecule has 0 radical (unpaired) electrons. The molecule has 0 aromatic heterocycles. The SMILES string of the molecule is CC1(C)O[C@]23[C@H](O)[C@H]1[C@H](O[Si](C)(C)C(C)(C)C)[C@H](O[Si](C)(C)C(C)(C)C)[C@]2(CO)[C@@H](O)[C@@H](O)C[C@]3(C)O. The lowest BCUT2D eigenvalue weighted by molar-refractivity contribution is -0.359. The zero-order valence-electron chi connectivity index (χ0n) is 25.3. The number of rotatable bonds is 5. The van der Waals surface area contributed by atoms with Gasteiger partial charge in [-0.15, -0.1) is 0 Å². The zero-order valence-corrected chi connectivity index (χ0v) is 27.3. The van der Waals surface area contributed by atoms with E-state index < -0.39 is 81.9 Å². The van der Waals surface area contributed by atoms with E-state index in [1.807, 2.05) is 13.8 Å². The molecular weight excluding hydrogens is 508 g/mol. The Morgan fingerprint density at radius 3 is 1.73 bits per heavy atom. The third-order valence-electron chi connectivity index (χ3n) is 10.9. The van der Waals surface area contributed by atoms with E-state index in [-0.39, 0.29) is 16.5 Å². The average Bonchev–Trinajstić information content (AvgIpc) is 2.85. The van der Waals surface area contributed by atoms with Gasteiger partial charge in [-0.25, -0.2) is 0 Å². The van der Waals surface area contributed by atoms with E-state index in [4.69, 9.17) is 13.6 Å². The standard InChI is InChI=1S/C27H54O8Si2/c1-22(2,3)36(10,11)33-18-17-20(31)27(35-24(17,7)8)25(9,32)14-16(29)19(30)26(27,15-28)21(18)34-37(12,13)23(4,5)6/h16-21,28-32H,14-15H2,1-13H3/t16-,17+,18-,19-,20+,21-,25-,26-,27-/m0/s1. The maximum Gasteiger partial charge on any atom is 0.192 e. The van der Waals surface area contributed by atoms with Crippen molar-refractivity contribution in [2.45, 2.75) is 152 Å². The third-order valence-corrected chi connectivity index (χ3v) is 19.8. The highest BCUT2D eigenvalue weighted by Crippen LogP contribution is 2.68. The summed E-state index contributed by atoms with van der Waals surface area (Å²) in [5.74, 6) is -0.606. The van der Waals surface area contributed by atoms with Gasteiger partial charge in [-0.3, -0.25) is 0 Å². The van der Waals surface area contributed by atoms with E-state index in [1.54, 1.807) is 0 Å². The smallest absolute Gasteiger partial charge is 0.192 e. The topological polar surface area (TPSA) is 129 Å². The van der Waals surface area contributed by atoms with Gasteiger partial charge in [0.05, 0.1) is 53.7 Å². The molecule has 3 aliphatic rings. The lowest BCUT2D eigenvalue weighted by Crippen LogP contribution is -2.85. The number of hydrogen-bond donors (Lipinski definition) is 5. The normalized spacial score (nSPS) is 44.6. The Morgan fingerprint density at radius 1 is 0.838 bits per heavy atom. The van der Waals surface area contributed by atoms with Crippen molar-refractivity contribution >= 4 is 16.6 Å². The second-order valence-corrected chi connectivity index (χ2v) is 25.3. The molecule has 1 saturated heterocycles. The van der Waals surface area contributed by atoms with Gasteiger partial charge >= 0.3 is 0 Å². The molecule has 0 amide bonds. The van der Waals surface area contributed by atoms with Gasteiger partial charge in [-0.05, 0) is 57.0 Å². The predicted molar refractivity (Wildman–Crippen MR) is 148 cm³/mol. The van der Waals surface area contributed by atoms with E-state index >= 15 is 0 Å². The van der Waals surface area contributed by atoms with E-state index in [9.17, 15) is 25.5 Å². The number of fused-ring (bicyclic) bond motifs is 1. The summed E-state index contributed by atoms with van der Waals surface area (Å²) in [7, 11) is -5.07. The van der Waals surface area contributed by atoms with E-state index in [1.165, 1.54) is 6.92 Å². The molecule has 37 heavy (non-hydrogen) atoms. The molecule has 0 unspecified atom stereocenters. The van der Waals surface area contributed by atoms with Crippen LogP contribution in [0.15, 0.2) is 0 Å². The number of aliphatic hydroxyl groups is 5. The molecule has 1 heterocycles. The molecule has 3 fully saturated rings. The first kappa shape index (κ1) is 31.6. The van der Waals surface area contributed by atoms with Crippen molar-refractivity contribution in [1.29, 1.82) is 0 Å². The fourth-order valence-electron chi connectivity index (χ4n) is 6.77. The largest absolute Gasteiger partial charge is 0.411 e. The van der Waals surface area contributed by atoms with Gasteiger partial charge in [0.1, 0.15) is 5.60 Å². The maximum atomic E-state index is 12.1. The Bertz CT molecular complexity index is 877. The van der Waals surface area contributed by atoms with Crippen LogP contribution in [0, 0.1) is 11.3 Å². The van der Waals surface area contributed by atoms with Crippen LogP contribution in [0.1, 0.15) is 68.7 Å². The molecule has 218 valence electrons. The van der Waals surface area contributed by atoms with Crippen molar-refractivity contribution in [3.63, 3.8) is 0 Å². The van der Waals surface area contributed by atoms with E-state index in [0.717, 1.165) is 0 Å². The monoisotopic (exact) mass is 562 g/mol. The van der Waals surface area contributed by atoms with Crippen molar-refractivity contribution < 1.29 is 39.1 Å². The van der Waals surface area contributed by atoms with Crippen LogP contribution in [0.5, 0.6) is 0 Å². The summed E-state index contributed by atoms with van der Waals surface area (Å²) < 4.78 is 20.9. The van der Waals surface area contributed by atoms with Crippen molar-refractivity contribution in [1.82, 2.24) is 0 Å². The second-order valence-electron chi connectivity index (χ2n) is 15.7. The van der Waals surface area contributed by atoms with Gasteiger partial charge in [0.15, 0.2) is 16.6 Å². The first-order valence-electron chi connectivity index (χ1n) is 13.7. The van der Waals surface area contributed by atoms with Gasteiger partial charge in [-0.2, -0.15) is 0 Å². The summed E-state index contributed by atoms with van der Waals surface area (Å²) >= 11 is 0. The number of ether oxygens (including phenoxy) is 1. The molecule has 0 aromatic rings. The van der Waals surface area contributed by atoms with Crippen LogP contribution in [0.4, 0.5) is 0 Å². The van der Waals surface area contributed by atoms with Crippen LogP contribution in [0.2, 0.25) is 36.3 Å². The van der Waals surface area contributed by atoms with Crippen molar-refractivity contribution in [2.24, 2.45) is 11.3 Å². The molecule has 5 N–H and O–H groups in total. The summed E-state index contributed by atoms with van der Waals surface area (Å²) in [6.07, 6.45) is -6.07. The highest BCUT2D eigenvalue weighted by Gasteiger charge is 2.85. The first-order valence-corrected chi connectivity index (χ1v) is 19.5. The quantitative estimate of drug-likeness (QED) is 0.323. The van der Waals surface area contributed by atoms with Crippen LogP contribution in [-0.2, 0) is 13.6 Å². The van der Waals surface area contributed by atoms with Crippen molar-refractivity contribution in [2.75, 3.05) is 6.61 Å². The molecule has 10 heteroatoms. The van der Waals surface area contributed by atoms with Gasteiger partial charge in [-0.1, -0.05) is 41.5 Å². The highest BCUT2D eigenvalue weighted by atomic mass is 28.4. The fraction of sp³-hybridized carbons (Fsp3) is 1.00. The third kappa shape index (κ3) is 4.19. The summed E-state index contributed by atoms with van der Waals surface area (Å²) in [6, 6.07) is 0. The lowest BCUT2D eigenvalue weighted by atomic mass is 9.46. The van der Waals surface area contributed by atoms with Crippen LogP contribution in [0.25, 0.3) is 0 Å². The first-order chi connectivity index (χ1) is 16.3. The summed E-state index contributed by atoms with van der Waals surface area (Å²) in [4.78, 5) is 0. The Balaban J connectivity index is 2.41. The molecular formula is C27H54O8Si2. The van der Waals surface area contributed by atoms with E-state index in [0.29, 0.717) is 0 Å². The molecule has 9 atom stereocenters. The minimum absolute atomic E-state index is 0.166. The second kappa shape index (κ2) is 8.80. The van der Waals surface area contributed by atoms with Crippen LogP contribution < -0.4 is 0 Å². The van der Waals surface area contributed by atoms with Crippen LogP contribution in [0.3, 0.4) is 0 Å². The Hall–Kier alpha value is 0.114. The minimum Gasteiger partial charge on any atom is -0.411 e. The number of hydrogen-bond acceptors (Lipinski definition) is 8. The summed E-state index contributed by atoms with van der Waals surface area (Å²) in [5, 5.41) is 57.8. The Kier molecular flexibility index (Phi) is 7.53. The lowest BCUT2D eigenvalue weighted by Gasteiger charge is -2.67. The summed E-state index contributed by atoms with van der Waals surface area (Å²) in [6.45, 7) is 25.8. The van der Waals surface area contributed by atoms with Gasteiger partial charge in [0, 0.05) is 12.3 Å². The van der Waals surface area contributed by atoms with Crippen molar-refractivity contribution in [3.05, 3.63) is 0 Å². The molecule has 2 saturated carbocycles. The molecule has 1 aliphatic heterocycles. The molecule has 0 aromatic carbocycles. The molecule has 8 nitrogen and oxygen atoms in total. The van der Waals surface area contributed by atoms with Gasteiger partial charge in [0.25, 0.3) is 0 Å². The van der Waals surface area contributed by atoms with Crippen molar-refractivity contribution in [3.8, 4) is 0 Å². The summed E-state index contributed by atoms with van der Waals surface area (Å²) in [5.41, 5.74) is -6.29. The van der Waals surface area contributed by atoms with Crippen LogP contribution in [-0.4, -0.2) is 96.1 Å². The molecule has 1 spiro atoms. The number of aliphatic hydroxyl groups excluding tert-OH is 4. The van der Waals surface area contributed by atoms with Crippen LogP contribution >= 0.6 is 0 Å². The Morgan fingerprint density at radius 2 is 1.30 bits per heavy atom. The Labute approximate surface area is 226 Å². The maximum absolute atomic E-state index is 12.1. The molecule has 3 rings (SSSR count). The molecule has 2 bridgehead atoms. The minimum atomic E-state index is -2.58. The zero-order chi connectivity index (χ0) is 29.0. The van der Waals surface area contributed by atoms with Gasteiger partial charge in [0.2, 0.25) is 0 Å². The van der Waals surface area contributed by atoms with E-state index in [2.05, 4.69) is 67.7 Å². The fourth-order valence-corrected chi connectivity index (χ4v) is 9.40.